The van der Waals surface area contributed by atoms with Crippen LogP contribution in [-0.4, -0.2) is 16.3 Å². The van der Waals surface area contributed by atoms with Crippen molar-refractivity contribution in [1.29, 1.82) is 0 Å². The number of phenols is 1. The summed E-state index contributed by atoms with van der Waals surface area (Å²) in [6, 6.07) is 14.4. The molecule has 2 aromatic rings. The minimum Gasteiger partial charge on any atom is -0.508 e. The van der Waals surface area contributed by atoms with E-state index in [0.717, 1.165) is 11.1 Å². The average molecular weight is 263 g/mol. The average Bonchev–Trinajstić information content (AvgIpc) is 2.35. The lowest BCUT2D eigenvalue weighted by molar-refractivity contribution is 0.175. The maximum Gasteiger partial charge on any atom is 0.115 e. The Morgan fingerprint density at radius 3 is 2.28 bits per heavy atom. The van der Waals surface area contributed by atoms with Crippen LogP contribution in [0.2, 0.25) is 5.02 Å². The van der Waals surface area contributed by atoms with Crippen LogP contribution in [0.1, 0.15) is 11.1 Å². The summed E-state index contributed by atoms with van der Waals surface area (Å²) in [5.41, 5.74) is 1.94. The number of benzene rings is 2. The van der Waals surface area contributed by atoms with Gasteiger partial charge in [0.2, 0.25) is 0 Å². The zero-order valence-corrected chi connectivity index (χ0v) is 10.6. The molecule has 0 spiro atoms. The van der Waals surface area contributed by atoms with E-state index in [1.807, 2.05) is 36.4 Å². The first kappa shape index (κ1) is 12.9. The zero-order chi connectivity index (χ0) is 13.0. The summed E-state index contributed by atoms with van der Waals surface area (Å²) in [4.78, 5) is 0. The molecule has 2 aromatic carbocycles. The molecule has 0 aliphatic carbocycles. The number of aromatic hydroxyl groups is 1. The lowest BCUT2D eigenvalue weighted by atomic mass is 10.0. The van der Waals surface area contributed by atoms with Crippen LogP contribution in [-0.2, 0) is 12.8 Å². The molecule has 0 radical (unpaired) electrons. The van der Waals surface area contributed by atoms with Gasteiger partial charge in [-0.15, -0.1) is 0 Å². The topological polar surface area (TPSA) is 40.5 Å². The zero-order valence-electron chi connectivity index (χ0n) is 9.88. The number of aliphatic hydroxyl groups excluding tert-OH is 1. The highest BCUT2D eigenvalue weighted by molar-refractivity contribution is 6.31. The lowest BCUT2D eigenvalue weighted by Gasteiger charge is -2.12. The third-order valence-corrected chi connectivity index (χ3v) is 3.19. The standard InChI is InChI=1S/C15H15ClO2/c16-15-4-2-1-3-12(15)10-14(18)9-11-5-7-13(17)8-6-11/h1-8,14,17-18H,9-10H2. The van der Waals surface area contributed by atoms with Crippen LogP contribution in [0.25, 0.3) is 0 Å². The monoisotopic (exact) mass is 262 g/mol. The van der Waals surface area contributed by atoms with E-state index in [9.17, 15) is 10.2 Å². The van der Waals surface area contributed by atoms with Crippen molar-refractivity contribution in [3.05, 3.63) is 64.7 Å². The van der Waals surface area contributed by atoms with Crippen molar-refractivity contribution in [2.24, 2.45) is 0 Å². The highest BCUT2D eigenvalue weighted by atomic mass is 35.5. The molecule has 0 heterocycles. The second-order valence-corrected chi connectivity index (χ2v) is 4.73. The molecule has 0 bridgehead atoms. The van der Waals surface area contributed by atoms with E-state index in [1.165, 1.54) is 0 Å². The molecule has 3 heteroatoms. The highest BCUT2D eigenvalue weighted by Crippen LogP contribution is 2.18. The highest BCUT2D eigenvalue weighted by Gasteiger charge is 2.09. The van der Waals surface area contributed by atoms with Crippen LogP contribution < -0.4 is 0 Å². The fraction of sp³-hybridized carbons (Fsp3) is 0.200. The third-order valence-electron chi connectivity index (χ3n) is 2.82. The van der Waals surface area contributed by atoms with Crippen molar-refractivity contribution in [3.8, 4) is 5.75 Å². The van der Waals surface area contributed by atoms with Gasteiger partial charge in [0.1, 0.15) is 5.75 Å². The second-order valence-electron chi connectivity index (χ2n) is 4.32. The first-order valence-electron chi connectivity index (χ1n) is 5.84. The fourth-order valence-electron chi connectivity index (χ4n) is 1.89. The molecule has 1 unspecified atom stereocenters. The first-order valence-corrected chi connectivity index (χ1v) is 6.22. The molecule has 94 valence electrons. The minimum absolute atomic E-state index is 0.236. The molecule has 0 aliphatic rings. The van der Waals surface area contributed by atoms with Crippen molar-refractivity contribution in [1.82, 2.24) is 0 Å². The molecule has 0 aromatic heterocycles. The molecule has 2 rings (SSSR count). The van der Waals surface area contributed by atoms with E-state index in [1.54, 1.807) is 12.1 Å². The molecule has 0 saturated carbocycles. The van der Waals surface area contributed by atoms with Gasteiger partial charge < -0.3 is 10.2 Å². The van der Waals surface area contributed by atoms with Crippen LogP contribution in [0.15, 0.2) is 48.5 Å². The van der Waals surface area contributed by atoms with Crippen LogP contribution in [0.3, 0.4) is 0 Å². The Kier molecular flexibility index (Phi) is 4.24. The first-order chi connectivity index (χ1) is 8.65. The number of aliphatic hydroxyl groups is 1. The minimum atomic E-state index is -0.477. The van der Waals surface area contributed by atoms with Gasteiger partial charge in [0, 0.05) is 11.4 Å². The van der Waals surface area contributed by atoms with Crippen LogP contribution in [0, 0.1) is 0 Å². The predicted octanol–water partition coefficient (Wildman–Crippen LogP) is 3.19. The predicted molar refractivity (Wildman–Crippen MR) is 73.0 cm³/mol. The second kappa shape index (κ2) is 5.89. The van der Waals surface area contributed by atoms with Gasteiger partial charge >= 0.3 is 0 Å². The van der Waals surface area contributed by atoms with Gasteiger partial charge in [0.25, 0.3) is 0 Å². The van der Waals surface area contributed by atoms with Gasteiger partial charge in [-0.05, 0) is 35.7 Å². The van der Waals surface area contributed by atoms with Gasteiger partial charge in [0.05, 0.1) is 6.10 Å². The van der Waals surface area contributed by atoms with E-state index < -0.39 is 6.10 Å². The Hall–Kier alpha value is -1.51. The third kappa shape index (κ3) is 3.49. The van der Waals surface area contributed by atoms with Crippen LogP contribution >= 0.6 is 11.6 Å². The van der Waals surface area contributed by atoms with E-state index >= 15 is 0 Å². The van der Waals surface area contributed by atoms with Crippen molar-refractivity contribution < 1.29 is 10.2 Å². The molecule has 1 atom stereocenters. The SMILES string of the molecule is Oc1ccc(CC(O)Cc2ccccc2Cl)cc1. The summed E-state index contributed by atoms with van der Waals surface area (Å²) in [6.07, 6.45) is 0.598. The van der Waals surface area contributed by atoms with Gasteiger partial charge in [-0.1, -0.05) is 41.9 Å². The molecule has 0 aliphatic heterocycles. The molecular formula is C15H15ClO2. The van der Waals surface area contributed by atoms with Crippen molar-refractivity contribution in [2.45, 2.75) is 18.9 Å². The van der Waals surface area contributed by atoms with E-state index in [4.69, 9.17) is 11.6 Å². The van der Waals surface area contributed by atoms with Crippen molar-refractivity contribution in [2.75, 3.05) is 0 Å². The summed E-state index contributed by atoms with van der Waals surface area (Å²) in [6.45, 7) is 0. The summed E-state index contributed by atoms with van der Waals surface area (Å²) < 4.78 is 0. The van der Waals surface area contributed by atoms with E-state index in [-0.39, 0.29) is 5.75 Å². The Labute approximate surface area is 111 Å². The number of rotatable bonds is 4. The van der Waals surface area contributed by atoms with Crippen LogP contribution in [0.4, 0.5) is 0 Å². The summed E-state index contributed by atoms with van der Waals surface area (Å²) >= 11 is 6.05. The molecule has 2 nitrogen and oxygen atoms in total. The van der Waals surface area contributed by atoms with E-state index in [0.29, 0.717) is 17.9 Å². The molecule has 0 saturated heterocycles. The lowest BCUT2D eigenvalue weighted by Crippen LogP contribution is -2.14. The maximum absolute atomic E-state index is 10.0. The number of phenolic OH excluding ortho intramolecular Hbond substituents is 1. The Bertz CT molecular complexity index is 508. The van der Waals surface area contributed by atoms with Gasteiger partial charge in [-0.3, -0.25) is 0 Å². The summed E-state index contributed by atoms with van der Waals surface area (Å²) in [5, 5.41) is 19.9. The largest absolute Gasteiger partial charge is 0.508 e. The summed E-state index contributed by atoms with van der Waals surface area (Å²) in [5.74, 6) is 0.236. The molecule has 18 heavy (non-hydrogen) atoms. The summed E-state index contributed by atoms with van der Waals surface area (Å²) in [7, 11) is 0. The molecule has 0 amide bonds. The van der Waals surface area contributed by atoms with E-state index in [2.05, 4.69) is 0 Å². The van der Waals surface area contributed by atoms with Crippen LogP contribution in [0.5, 0.6) is 5.75 Å². The molecular weight excluding hydrogens is 248 g/mol. The Morgan fingerprint density at radius 2 is 1.61 bits per heavy atom. The Morgan fingerprint density at radius 1 is 0.944 bits per heavy atom. The Balaban J connectivity index is 1.99. The van der Waals surface area contributed by atoms with Gasteiger partial charge in [-0.25, -0.2) is 0 Å². The quantitative estimate of drug-likeness (QED) is 0.888. The van der Waals surface area contributed by atoms with Crippen molar-refractivity contribution >= 4 is 11.6 Å². The maximum atomic E-state index is 10.0. The van der Waals surface area contributed by atoms with Gasteiger partial charge in [0.15, 0.2) is 0 Å². The van der Waals surface area contributed by atoms with Crippen molar-refractivity contribution in [3.63, 3.8) is 0 Å². The smallest absolute Gasteiger partial charge is 0.115 e. The number of hydrogen-bond donors (Lipinski definition) is 2. The fourth-order valence-corrected chi connectivity index (χ4v) is 2.11. The number of hydrogen-bond acceptors (Lipinski definition) is 2. The normalized spacial score (nSPS) is 12.3. The molecule has 0 fully saturated rings. The molecule has 2 N–H and O–H groups in total. The number of halogens is 1. The van der Waals surface area contributed by atoms with Gasteiger partial charge in [-0.2, -0.15) is 0 Å².